The fourth-order valence-electron chi connectivity index (χ4n) is 3.78. The van der Waals surface area contributed by atoms with Gasteiger partial charge in [0, 0.05) is 51.8 Å². The molecule has 0 saturated carbocycles. The highest BCUT2D eigenvalue weighted by Crippen LogP contribution is 2.34. The van der Waals surface area contributed by atoms with Crippen LogP contribution in [0.15, 0.2) is 35.3 Å². The van der Waals surface area contributed by atoms with E-state index in [4.69, 9.17) is 14.5 Å². The molecule has 0 bridgehead atoms. The lowest BCUT2D eigenvalue weighted by Crippen LogP contribution is -2.54. The van der Waals surface area contributed by atoms with Crippen LogP contribution in [0.1, 0.15) is 31.9 Å². The largest absolute Gasteiger partial charge is 0.450 e. The Morgan fingerprint density at radius 1 is 1.17 bits per heavy atom. The predicted octanol–water partition coefficient (Wildman–Crippen LogP) is 3.12. The number of nitrogens with one attached hydrogen (secondary N) is 1. The average molecular weight is 516 g/mol. The third-order valence-corrected chi connectivity index (χ3v) is 5.26. The van der Waals surface area contributed by atoms with Gasteiger partial charge in [0.1, 0.15) is 0 Å². The number of hydrogen-bond donors (Lipinski definition) is 1. The molecule has 162 valence electrons. The van der Waals surface area contributed by atoms with E-state index in [1.54, 1.807) is 4.90 Å². The summed E-state index contributed by atoms with van der Waals surface area (Å²) >= 11 is 0. The van der Waals surface area contributed by atoms with Gasteiger partial charge in [0.15, 0.2) is 5.96 Å². The number of hydrogen-bond acceptors (Lipinski definition) is 4. The summed E-state index contributed by atoms with van der Waals surface area (Å²) in [6, 6.07) is 10.4. The zero-order chi connectivity index (χ0) is 19.8. The van der Waals surface area contributed by atoms with Gasteiger partial charge in [-0.2, -0.15) is 0 Å². The van der Waals surface area contributed by atoms with Gasteiger partial charge in [0.05, 0.1) is 12.7 Å². The molecule has 1 amide bonds. The fraction of sp³-hybridized carbons (Fsp3) is 0.619. The maximum absolute atomic E-state index is 11.9. The first-order valence-electron chi connectivity index (χ1n) is 10.3. The molecule has 0 radical (unpaired) electrons. The number of aliphatic imine (C=N–C) groups is 1. The second kappa shape index (κ2) is 12.2. The van der Waals surface area contributed by atoms with E-state index < -0.39 is 0 Å². The van der Waals surface area contributed by atoms with Crippen molar-refractivity contribution in [3.63, 3.8) is 0 Å². The van der Waals surface area contributed by atoms with E-state index in [9.17, 15) is 4.79 Å². The van der Waals surface area contributed by atoms with Gasteiger partial charge in [-0.1, -0.05) is 30.3 Å². The van der Waals surface area contributed by atoms with E-state index in [-0.39, 0.29) is 36.2 Å². The molecule has 0 spiro atoms. The lowest BCUT2D eigenvalue weighted by molar-refractivity contribution is 0.0902. The number of piperazine rings is 1. The molecular weight excluding hydrogens is 483 g/mol. The van der Waals surface area contributed by atoms with Crippen molar-refractivity contribution in [3.8, 4) is 0 Å². The molecule has 2 heterocycles. The number of guanidine groups is 1. The van der Waals surface area contributed by atoms with Gasteiger partial charge in [0.2, 0.25) is 0 Å². The standard InChI is InChI=1S/C21H32N4O3.HI/c1-3-22-20(24-11-13-25(14-12-24)21(26)27-4-2)23-16-18-10-15-28-19(18)17-8-6-5-7-9-17;/h5-9,18-19H,3-4,10-16H2,1-2H3,(H,22,23);1H. The smallest absolute Gasteiger partial charge is 0.409 e. The number of ether oxygens (including phenoxy) is 2. The molecular formula is C21H33IN4O3. The zero-order valence-electron chi connectivity index (χ0n) is 17.4. The fourth-order valence-corrected chi connectivity index (χ4v) is 3.78. The van der Waals surface area contributed by atoms with Crippen LogP contribution in [0.3, 0.4) is 0 Å². The number of rotatable bonds is 5. The molecule has 1 aromatic rings. The Morgan fingerprint density at radius 2 is 1.86 bits per heavy atom. The molecule has 2 fully saturated rings. The van der Waals surface area contributed by atoms with Crippen molar-refractivity contribution >= 4 is 36.0 Å². The molecule has 8 heteroatoms. The van der Waals surface area contributed by atoms with Gasteiger partial charge in [-0.25, -0.2) is 4.79 Å². The summed E-state index contributed by atoms with van der Waals surface area (Å²) in [6.45, 7) is 9.49. The quantitative estimate of drug-likeness (QED) is 0.370. The summed E-state index contributed by atoms with van der Waals surface area (Å²) in [5, 5.41) is 3.40. The van der Waals surface area contributed by atoms with Crippen LogP contribution < -0.4 is 5.32 Å². The predicted molar refractivity (Wildman–Crippen MR) is 125 cm³/mol. The van der Waals surface area contributed by atoms with E-state index in [2.05, 4.69) is 41.4 Å². The molecule has 1 N–H and O–H groups in total. The van der Waals surface area contributed by atoms with Crippen molar-refractivity contribution in [3.05, 3.63) is 35.9 Å². The lowest BCUT2D eigenvalue weighted by Gasteiger charge is -2.36. The van der Waals surface area contributed by atoms with Crippen LogP contribution in [0.2, 0.25) is 0 Å². The molecule has 2 atom stereocenters. The van der Waals surface area contributed by atoms with Crippen LogP contribution >= 0.6 is 24.0 Å². The summed E-state index contributed by atoms with van der Waals surface area (Å²) in [5.41, 5.74) is 1.23. The molecule has 0 aliphatic carbocycles. The normalized spacial score (nSPS) is 22.2. The third-order valence-electron chi connectivity index (χ3n) is 5.26. The molecule has 2 saturated heterocycles. The van der Waals surface area contributed by atoms with Crippen LogP contribution in [0, 0.1) is 5.92 Å². The van der Waals surface area contributed by atoms with Crippen molar-refractivity contribution in [2.24, 2.45) is 10.9 Å². The Morgan fingerprint density at radius 3 is 2.52 bits per heavy atom. The molecule has 29 heavy (non-hydrogen) atoms. The number of benzene rings is 1. The van der Waals surface area contributed by atoms with E-state index >= 15 is 0 Å². The van der Waals surface area contributed by atoms with Gasteiger partial charge in [-0.3, -0.25) is 4.99 Å². The maximum Gasteiger partial charge on any atom is 0.409 e. The molecule has 2 unspecified atom stereocenters. The summed E-state index contributed by atoms with van der Waals surface area (Å²) in [7, 11) is 0. The van der Waals surface area contributed by atoms with Crippen LogP contribution in [0.4, 0.5) is 4.79 Å². The van der Waals surface area contributed by atoms with Crippen molar-refractivity contribution in [1.82, 2.24) is 15.1 Å². The second-order valence-corrected chi connectivity index (χ2v) is 7.12. The van der Waals surface area contributed by atoms with E-state index in [0.29, 0.717) is 25.6 Å². The minimum atomic E-state index is -0.224. The summed E-state index contributed by atoms with van der Waals surface area (Å²) in [4.78, 5) is 20.8. The molecule has 2 aliphatic heterocycles. The summed E-state index contributed by atoms with van der Waals surface area (Å²) < 4.78 is 11.1. The lowest BCUT2D eigenvalue weighted by atomic mass is 9.95. The topological polar surface area (TPSA) is 66.4 Å². The minimum absolute atomic E-state index is 0. The molecule has 2 aliphatic rings. The number of halogens is 1. The Balaban J connectivity index is 0.00000300. The average Bonchev–Trinajstić information content (AvgIpc) is 3.21. The van der Waals surface area contributed by atoms with Crippen molar-refractivity contribution < 1.29 is 14.3 Å². The Hall–Kier alpha value is -1.55. The molecule has 7 nitrogen and oxygen atoms in total. The highest BCUT2D eigenvalue weighted by atomic mass is 127. The Kier molecular flexibility index (Phi) is 9.99. The van der Waals surface area contributed by atoms with Crippen LogP contribution in [-0.2, 0) is 9.47 Å². The SMILES string of the molecule is CCNC(=NCC1CCOC1c1ccccc1)N1CCN(C(=O)OCC)CC1.I. The highest BCUT2D eigenvalue weighted by molar-refractivity contribution is 14.0. The number of carbonyl (C=O) groups excluding carboxylic acids is 1. The molecule has 0 aromatic heterocycles. The molecule has 3 rings (SSSR count). The Bertz CT molecular complexity index is 651. The van der Waals surface area contributed by atoms with Gasteiger partial charge in [0.25, 0.3) is 0 Å². The van der Waals surface area contributed by atoms with Gasteiger partial charge in [-0.15, -0.1) is 24.0 Å². The monoisotopic (exact) mass is 516 g/mol. The van der Waals surface area contributed by atoms with E-state index in [1.165, 1.54) is 5.56 Å². The van der Waals surface area contributed by atoms with Crippen LogP contribution in [0.25, 0.3) is 0 Å². The first kappa shape index (κ1) is 23.7. The first-order valence-corrected chi connectivity index (χ1v) is 10.3. The van der Waals surface area contributed by atoms with Crippen molar-refractivity contribution in [2.45, 2.75) is 26.4 Å². The summed E-state index contributed by atoms with van der Waals surface area (Å²) in [5.74, 6) is 1.31. The zero-order valence-corrected chi connectivity index (χ0v) is 19.7. The number of nitrogens with zero attached hydrogens (tertiary/aromatic N) is 3. The third kappa shape index (κ3) is 6.47. The van der Waals surface area contributed by atoms with Crippen molar-refractivity contribution in [1.29, 1.82) is 0 Å². The van der Waals surface area contributed by atoms with Gasteiger partial charge in [-0.05, 0) is 25.8 Å². The highest BCUT2D eigenvalue weighted by Gasteiger charge is 2.30. The van der Waals surface area contributed by atoms with E-state index in [0.717, 1.165) is 45.2 Å². The van der Waals surface area contributed by atoms with Crippen LogP contribution in [0.5, 0.6) is 0 Å². The van der Waals surface area contributed by atoms with E-state index in [1.807, 2.05) is 13.0 Å². The number of carbonyl (C=O) groups is 1. The van der Waals surface area contributed by atoms with Gasteiger partial charge >= 0.3 is 6.09 Å². The van der Waals surface area contributed by atoms with Crippen molar-refractivity contribution in [2.75, 3.05) is 52.5 Å². The molecule has 1 aromatic carbocycles. The summed E-state index contributed by atoms with van der Waals surface area (Å²) in [6.07, 6.45) is 0.922. The Labute approximate surface area is 190 Å². The van der Waals surface area contributed by atoms with Crippen LogP contribution in [-0.4, -0.2) is 74.3 Å². The number of amides is 1. The minimum Gasteiger partial charge on any atom is -0.450 e. The first-order chi connectivity index (χ1) is 13.7. The maximum atomic E-state index is 11.9. The second-order valence-electron chi connectivity index (χ2n) is 7.12. The van der Waals surface area contributed by atoms with Gasteiger partial charge < -0.3 is 24.6 Å².